The Balaban J connectivity index is 1.87. The van der Waals surface area contributed by atoms with Gasteiger partial charge in [-0.15, -0.1) is 0 Å². The number of benzene rings is 1. The fraction of sp³-hybridized carbons (Fsp3) is 0.500. The van der Waals surface area contributed by atoms with E-state index in [2.05, 4.69) is 0 Å². The summed E-state index contributed by atoms with van der Waals surface area (Å²) in [4.78, 5) is 12.4. The first-order valence-corrected chi connectivity index (χ1v) is 6.11. The van der Waals surface area contributed by atoms with Gasteiger partial charge in [0.15, 0.2) is 5.78 Å². The molecule has 17 heavy (non-hydrogen) atoms. The van der Waals surface area contributed by atoms with Crippen LogP contribution in [0.2, 0.25) is 0 Å². The van der Waals surface area contributed by atoms with Crippen LogP contribution < -0.4 is 0 Å². The maximum Gasteiger partial charge on any atom is 0.168 e. The van der Waals surface area contributed by atoms with Crippen molar-refractivity contribution < 1.29 is 13.9 Å². The Morgan fingerprint density at radius 2 is 2.24 bits per heavy atom. The van der Waals surface area contributed by atoms with E-state index in [0.29, 0.717) is 5.56 Å². The maximum atomic E-state index is 13.0. The van der Waals surface area contributed by atoms with E-state index >= 15 is 0 Å². The Bertz CT molecular complexity index is 469. The van der Waals surface area contributed by atoms with Crippen LogP contribution in [0.25, 0.3) is 0 Å². The lowest BCUT2D eigenvalue weighted by atomic mass is 9.83. The second-order valence-corrected chi connectivity index (χ2v) is 5.04. The van der Waals surface area contributed by atoms with Gasteiger partial charge in [0.1, 0.15) is 5.82 Å². The summed E-state index contributed by atoms with van der Waals surface area (Å²) in [5.41, 5.74) is 1.37. The molecule has 2 bridgehead atoms. The average Bonchev–Trinajstić information content (AvgIpc) is 2.89. The van der Waals surface area contributed by atoms with E-state index in [1.54, 1.807) is 13.0 Å². The zero-order valence-corrected chi connectivity index (χ0v) is 9.78. The molecule has 0 radical (unpaired) electrons. The highest BCUT2D eigenvalue weighted by atomic mass is 19.1. The second-order valence-electron chi connectivity index (χ2n) is 5.04. The fourth-order valence-corrected chi connectivity index (χ4v) is 3.02. The number of carbonyl (C=O) groups excluding carboxylic acids is 1. The minimum atomic E-state index is -0.289. The molecule has 3 atom stereocenters. The summed E-state index contributed by atoms with van der Waals surface area (Å²) in [6.07, 6.45) is 3.27. The van der Waals surface area contributed by atoms with Gasteiger partial charge in [0.05, 0.1) is 18.1 Å². The Morgan fingerprint density at radius 3 is 2.82 bits per heavy atom. The highest BCUT2D eigenvalue weighted by Gasteiger charge is 2.44. The van der Waals surface area contributed by atoms with E-state index < -0.39 is 0 Å². The second kappa shape index (κ2) is 3.91. The van der Waals surface area contributed by atoms with Crippen LogP contribution >= 0.6 is 0 Å². The van der Waals surface area contributed by atoms with Gasteiger partial charge in [-0.25, -0.2) is 4.39 Å². The molecule has 2 nitrogen and oxygen atoms in total. The van der Waals surface area contributed by atoms with E-state index in [1.807, 2.05) is 0 Å². The molecule has 3 heteroatoms. The van der Waals surface area contributed by atoms with Gasteiger partial charge < -0.3 is 4.74 Å². The van der Waals surface area contributed by atoms with Gasteiger partial charge in [-0.3, -0.25) is 4.79 Å². The summed E-state index contributed by atoms with van der Waals surface area (Å²) in [6.45, 7) is 1.78. The zero-order valence-electron chi connectivity index (χ0n) is 9.78. The SMILES string of the molecule is Cc1cc(F)ccc1C(=O)C1CC2CCC1O2. The Hall–Kier alpha value is -1.22. The number of hydrogen-bond acceptors (Lipinski definition) is 2. The standard InChI is InChI=1S/C14H15FO2/c1-8-6-9(15)2-4-11(8)14(16)12-7-10-3-5-13(12)17-10/h2,4,6,10,12-13H,3,5,7H2,1H3. The molecule has 0 aliphatic carbocycles. The molecule has 90 valence electrons. The van der Waals surface area contributed by atoms with Gasteiger partial charge >= 0.3 is 0 Å². The van der Waals surface area contributed by atoms with Gasteiger partial charge in [0, 0.05) is 5.56 Å². The molecule has 2 heterocycles. The van der Waals surface area contributed by atoms with Crippen molar-refractivity contribution in [3.8, 4) is 0 Å². The van der Waals surface area contributed by atoms with Crippen molar-refractivity contribution in [2.24, 2.45) is 5.92 Å². The monoisotopic (exact) mass is 234 g/mol. The zero-order chi connectivity index (χ0) is 12.0. The third-order valence-electron chi connectivity index (χ3n) is 3.90. The first kappa shape index (κ1) is 10.9. The molecule has 0 spiro atoms. The van der Waals surface area contributed by atoms with Crippen molar-refractivity contribution >= 4 is 5.78 Å². The van der Waals surface area contributed by atoms with Crippen LogP contribution in [0.4, 0.5) is 4.39 Å². The molecule has 0 saturated carbocycles. The number of ether oxygens (including phenoxy) is 1. The summed E-state index contributed by atoms with van der Waals surface area (Å²) in [5, 5.41) is 0. The van der Waals surface area contributed by atoms with Crippen LogP contribution in [0.15, 0.2) is 18.2 Å². The topological polar surface area (TPSA) is 26.3 Å². The molecule has 0 aromatic heterocycles. The Morgan fingerprint density at radius 1 is 1.41 bits per heavy atom. The van der Waals surface area contributed by atoms with Crippen LogP contribution in [0.3, 0.4) is 0 Å². The normalized spacial score (nSPS) is 30.8. The largest absolute Gasteiger partial charge is 0.374 e. The molecule has 1 aromatic rings. The van der Waals surface area contributed by atoms with Gasteiger partial charge in [-0.05, 0) is 49.9 Å². The molecule has 2 fully saturated rings. The van der Waals surface area contributed by atoms with Crippen molar-refractivity contribution in [1.29, 1.82) is 0 Å². The molecular weight excluding hydrogens is 219 g/mol. The summed E-state index contributed by atoms with van der Waals surface area (Å²) < 4.78 is 18.7. The summed E-state index contributed by atoms with van der Waals surface area (Å²) in [6, 6.07) is 4.37. The Kier molecular flexibility index (Phi) is 2.51. The molecule has 2 aliphatic heterocycles. The third-order valence-corrected chi connectivity index (χ3v) is 3.90. The lowest BCUT2D eigenvalue weighted by Gasteiger charge is -2.18. The first-order valence-electron chi connectivity index (χ1n) is 6.11. The molecule has 3 rings (SSSR count). The average molecular weight is 234 g/mol. The van der Waals surface area contributed by atoms with Gasteiger partial charge in [0.2, 0.25) is 0 Å². The Labute approximate surface area is 99.8 Å². The van der Waals surface area contributed by atoms with Crippen LogP contribution in [0.5, 0.6) is 0 Å². The smallest absolute Gasteiger partial charge is 0.168 e. The van der Waals surface area contributed by atoms with Gasteiger partial charge in [-0.2, -0.15) is 0 Å². The number of Topliss-reactive ketones (excluding diaryl/α,β-unsaturated/α-hetero) is 1. The van der Waals surface area contributed by atoms with Crippen LogP contribution in [-0.4, -0.2) is 18.0 Å². The highest BCUT2D eigenvalue weighted by Crippen LogP contribution is 2.40. The predicted molar refractivity (Wildman–Crippen MR) is 61.5 cm³/mol. The number of aryl methyl sites for hydroxylation is 1. The quantitative estimate of drug-likeness (QED) is 0.735. The summed E-state index contributed by atoms with van der Waals surface area (Å²) >= 11 is 0. The molecule has 0 N–H and O–H groups in total. The van der Waals surface area contributed by atoms with Gasteiger partial charge in [-0.1, -0.05) is 0 Å². The molecule has 1 aromatic carbocycles. The highest BCUT2D eigenvalue weighted by molar-refractivity contribution is 5.99. The number of rotatable bonds is 2. The molecular formula is C14H15FO2. The van der Waals surface area contributed by atoms with E-state index in [-0.39, 0.29) is 29.7 Å². The first-order chi connectivity index (χ1) is 8.15. The number of carbonyl (C=O) groups is 1. The van der Waals surface area contributed by atoms with Crippen molar-refractivity contribution in [3.05, 3.63) is 35.1 Å². The van der Waals surface area contributed by atoms with Crippen molar-refractivity contribution in [3.63, 3.8) is 0 Å². The molecule has 3 unspecified atom stereocenters. The minimum Gasteiger partial charge on any atom is -0.374 e. The number of hydrogen-bond donors (Lipinski definition) is 0. The van der Waals surface area contributed by atoms with E-state index in [1.165, 1.54) is 12.1 Å². The van der Waals surface area contributed by atoms with E-state index in [9.17, 15) is 9.18 Å². The van der Waals surface area contributed by atoms with E-state index in [0.717, 1.165) is 24.8 Å². The predicted octanol–water partition coefficient (Wildman–Crippen LogP) is 2.88. The van der Waals surface area contributed by atoms with Gasteiger partial charge in [0.25, 0.3) is 0 Å². The van der Waals surface area contributed by atoms with Crippen LogP contribution in [0.1, 0.15) is 35.2 Å². The summed E-state index contributed by atoms with van der Waals surface area (Å²) in [5.74, 6) is -0.184. The molecule has 2 aliphatic rings. The van der Waals surface area contributed by atoms with Crippen LogP contribution in [-0.2, 0) is 4.74 Å². The summed E-state index contributed by atoms with van der Waals surface area (Å²) in [7, 11) is 0. The van der Waals surface area contributed by atoms with E-state index in [4.69, 9.17) is 4.74 Å². The third kappa shape index (κ3) is 1.78. The lowest BCUT2D eigenvalue weighted by molar-refractivity contribution is 0.0743. The van der Waals surface area contributed by atoms with Crippen molar-refractivity contribution in [2.45, 2.75) is 38.4 Å². The van der Waals surface area contributed by atoms with Crippen molar-refractivity contribution in [1.82, 2.24) is 0 Å². The maximum absolute atomic E-state index is 13.0. The van der Waals surface area contributed by atoms with Crippen molar-refractivity contribution in [2.75, 3.05) is 0 Å². The number of ketones is 1. The fourth-order valence-electron chi connectivity index (χ4n) is 3.02. The lowest BCUT2D eigenvalue weighted by Crippen LogP contribution is -2.26. The number of fused-ring (bicyclic) bond motifs is 2. The molecule has 0 amide bonds. The van der Waals surface area contributed by atoms with Crippen LogP contribution in [0, 0.1) is 18.7 Å². The minimum absolute atomic E-state index is 0.0158. The molecule has 2 saturated heterocycles. The number of halogens is 1.